The van der Waals surface area contributed by atoms with Gasteiger partial charge in [-0.3, -0.25) is 19.2 Å². The summed E-state index contributed by atoms with van der Waals surface area (Å²) in [6.45, 7) is 7.24. The van der Waals surface area contributed by atoms with E-state index in [1.54, 1.807) is 52.0 Å². The van der Waals surface area contributed by atoms with Crippen LogP contribution in [0.2, 0.25) is 0 Å². The van der Waals surface area contributed by atoms with Crippen LogP contribution in [0, 0.1) is 12.8 Å². The minimum atomic E-state index is -1.37. The highest BCUT2D eigenvalue weighted by Crippen LogP contribution is 2.29. The van der Waals surface area contributed by atoms with E-state index in [1.807, 2.05) is 42.2 Å². The molecule has 2 heterocycles. The highest BCUT2D eigenvalue weighted by Gasteiger charge is 2.33. The van der Waals surface area contributed by atoms with Crippen molar-refractivity contribution in [3.05, 3.63) is 113 Å². The third kappa shape index (κ3) is 8.72. The Labute approximate surface area is 298 Å². The highest BCUT2D eigenvalue weighted by molar-refractivity contribution is 6.06. The number of hydrogen-bond acceptors (Lipinski definition) is 6. The number of benzene rings is 3. The van der Waals surface area contributed by atoms with Crippen molar-refractivity contribution in [3.63, 3.8) is 0 Å². The number of aryl methyl sites for hydroxylation is 1. The second kappa shape index (κ2) is 17.1. The summed E-state index contributed by atoms with van der Waals surface area (Å²) in [6, 6.07) is 22.7. The van der Waals surface area contributed by atoms with Gasteiger partial charge in [0.15, 0.2) is 5.69 Å². The van der Waals surface area contributed by atoms with Crippen LogP contribution >= 0.6 is 0 Å². The molecule has 11 nitrogen and oxygen atoms in total. The van der Waals surface area contributed by atoms with Crippen LogP contribution in [0.4, 0.5) is 5.69 Å². The third-order valence-corrected chi connectivity index (χ3v) is 9.40. The number of aliphatic carboxylic acids is 1. The number of nitrogens with one attached hydrogen (secondary N) is 1. The van der Waals surface area contributed by atoms with E-state index < -0.39 is 29.7 Å². The average molecular weight is 694 g/mol. The average Bonchev–Trinajstić information content (AvgIpc) is 3.53. The number of aliphatic hydroxyl groups is 1. The topological polar surface area (TPSA) is 145 Å². The number of aliphatic hydroxyl groups excluding tert-OH is 1. The van der Waals surface area contributed by atoms with Gasteiger partial charge in [0, 0.05) is 31.0 Å². The summed E-state index contributed by atoms with van der Waals surface area (Å²) in [6.07, 6.45) is 4.11. The predicted molar refractivity (Wildman–Crippen MR) is 195 cm³/mol. The molecule has 0 radical (unpaired) electrons. The van der Waals surface area contributed by atoms with Crippen molar-refractivity contribution < 1.29 is 29.4 Å². The van der Waals surface area contributed by atoms with Gasteiger partial charge in [-0.15, -0.1) is 0 Å². The zero-order valence-corrected chi connectivity index (χ0v) is 29.5. The van der Waals surface area contributed by atoms with Gasteiger partial charge >= 0.3 is 5.97 Å². The predicted octanol–water partition coefficient (Wildman–Crippen LogP) is 5.66. The van der Waals surface area contributed by atoms with Crippen LogP contribution < -0.4 is 5.32 Å². The molecule has 51 heavy (non-hydrogen) atoms. The van der Waals surface area contributed by atoms with Gasteiger partial charge in [0.05, 0.1) is 23.9 Å². The van der Waals surface area contributed by atoms with E-state index in [4.69, 9.17) is 5.10 Å². The number of aromatic nitrogens is 2. The molecule has 0 aliphatic carbocycles. The molecular weight excluding hydrogens is 646 g/mol. The first-order chi connectivity index (χ1) is 24.6. The fourth-order valence-electron chi connectivity index (χ4n) is 6.48. The SMILES string of the molecule is CCCCN(CCCC)C(=O)c1cc(C)n(-c2ccc(NC(=O)C(Cc3ccccc3)C(=O)O)cc2C(=O)N2Cc3ccccc3C[C@H]2CO)n1. The molecule has 3 aromatic carbocycles. The minimum absolute atomic E-state index is 0.00589. The van der Waals surface area contributed by atoms with Gasteiger partial charge in [0.25, 0.3) is 11.8 Å². The van der Waals surface area contributed by atoms with Crippen LogP contribution in [-0.2, 0) is 29.0 Å². The molecule has 268 valence electrons. The molecular formula is C40H47N5O6. The number of carbonyl (C=O) groups is 4. The third-order valence-electron chi connectivity index (χ3n) is 9.40. The Balaban J connectivity index is 1.53. The van der Waals surface area contributed by atoms with E-state index in [0.29, 0.717) is 36.5 Å². The lowest BCUT2D eigenvalue weighted by atomic mass is 9.93. The molecule has 1 aromatic heterocycles. The van der Waals surface area contributed by atoms with E-state index >= 15 is 0 Å². The van der Waals surface area contributed by atoms with Crippen molar-refractivity contribution in [1.82, 2.24) is 19.6 Å². The second-order valence-electron chi connectivity index (χ2n) is 13.1. The van der Waals surface area contributed by atoms with Crippen molar-refractivity contribution in [3.8, 4) is 5.69 Å². The van der Waals surface area contributed by atoms with Gasteiger partial charge in [-0.05, 0) is 73.6 Å². The second-order valence-corrected chi connectivity index (χ2v) is 13.1. The van der Waals surface area contributed by atoms with Gasteiger partial charge in [-0.25, -0.2) is 4.68 Å². The number of fused-ring (bicyclic) bond motifs is 1. The number of amides is 3. The number of rotatable bonds is 15. The normalized spacial score (nSPS) is 14.4. The van der Waals surface area contributed by atoms with Gasteiger partial charge < -0.3 is 25.3 Å². The van der Waals surface area contributed by atoms with Crippen LogP contribution in [0.3, 0.4) is 0 Å². The van der Waals surface area contributed by atoms with Gasteiger partial charge in [0.2, 0.25) is 5.91 Å². The Bertz CT molecular complexity index is 1850. The molecule has 5 rings (SSSR count). The van der Waals surface area contributed by atoms with Gasteiger partial charge in [-0.1, -0.05) is 81.3 Å². The number of carboxylic acids is 1. The molecule has 3 N–H and O–H groups in total. The number of anilines is 1. The molecule has 1 unspecified atom stereocenters. The molecule has 1 aliphatic rings. The van der Waals surface area contributed by atoms with Crippen molar-refractivity contribution in [2.45, 2.75) is 71.9 Å². The van der Waals surface area contributed by atoms with Crippen LogP contribution in [0.5, 0.6) is 0 Å². The largest absolute Gasteiger partial charge is 0.481 e. The first-order valence-corrected chi connectivity index (χ1v) is 17.7. The Morgan fingerprint density at radius 2 is 1.59 bits per heavy atom. The summed E-state index contributed by atoms with van der Waals surface area (Å²) < 4.78 is 1.56. The zero-order chi connectivity index (χ0) is 36.5. The highest BCUT2D eigenvalue weighted by atomic mass is 16.4. The molecule has 0 fully saturated rings. The molecule has 11 heteroatoms. The van der Waals surface area contributed by atoms with Crippen molar-refractivity contribution in [1.29, 1.82) is 0 Å². The van der Waals surface area contributed by atoms with Crippen LogP contribution in [0.25, 0.3) is 5.69 Å². The first kappa shape index (κ1) is 37.0. The summed E-state index contributed by atoms with van der Waals surface area (Å²) >= 11 is 0. The maximum atomic E-state index is 14.6. The summed E-state index contributed by atoms with van der Waals surface area (Å²) in [5.74, 6) is -3.93. The van der Waals surface area contributed by atoms with E-state index in [-0.39, 0.29) is 42.4 Å². The number of carbonyl (C=O) groups excluding carboxylic acids is 3. The summed E-state index contributed by atoms with van der Waals surface area (Å²) in [7, 11) is 0. The van der Waals surface area contributed by atoms with E-state index in [2.05, 4.69) is 19.2 Å². The van der Waals surface area contributed by atoms with Gasteiger partial charge in [-0.2, -0.15) is 5.10 Å². The fraction of sp³-hybridized carbons (Fsp3) is 0.375. The van der Waals surface area contributed by atoms with Crippen molar-refractivity contribution >= 4 is 29.4 Å². The van der Waals surface area contributed by atoms with Crippen molar-refractivity contribution in [2.75, 3.05) is 25.0 Å². The zero-order valence-electron chi connectivity index (χ0n) is 29.5. The minimum Gasteiger partial charge on any atom is -0.481 e. The van der Waals surface area contributed by atoms with Crippen LogP contribution in [0.1, 0.15) is 82.8 Å². The molecule has 0 saturated heterocycles. The first-order valence-electron chi connectivity index (χ1n) is 17.7. The number of unbranched alkanes of at least 4 members (excludes halogenated alkanes) is 2. The molecule has 0 saturated carbocycles. The quantitative estimate of drug-likeness (QED) is 0.136. The lowest BCUT2D eigenvalue weighted by Crippen LogP contribution is -2.46. The van der Waals surface area contributed by atoms with Gasteiger partial charge in [0.1, 0.15) is 5.92 Å². The molecule has 1 aliphatic heterocycles. The number of nitrogens with zero attached hydrogens (tertiary/aromatic N) is 4. The Kier molecular flexibility index (Phi) is 12.4. The maximum Gasteiger partial charge on any atom is 0.316 e. The molecule has 4 aromatic rings. The summed E-state index contributed by atoms with van der Waals surface area (Å²) in [5.41, 5.74) is 4.42. The monoisotopic (exact) mass is 693 g/mol. The standard InChI is InChI=1S/C40H47N5O6/c1-4-6-19-43(20-7-5-2)39(49)35-21-27(3)45(42-35)36-18-17-31(41-37(47)34(40(50)51)22-28-13-9-8-10-14-28)24-33(36)38(48)44-25-30-16-12-11-15-29(30)23-32(44)26-46/h8-18,21,24,32,34,46H,4-7,19-20,22-23,25-26H2,1-3H3,(H,41,47)(H,50,51)/t32-,34?/m0/s1. The molecule has 0 spiro atoms. The Morgan fingerprint density at radius 1 is 0.922 bits per heavy atom. The maximum absolute atomic E-state index is 14.6. The van der Waals surface area contributed by atoms with E-state index in [1.165, 1.54) is 6.07 Å². The lowest BCUT2D eigenvalue weighted by molar-refractivity contribution is -0.145. The Hall–Kier alpha value is -5.29. The van der Waals surface area contributed by atoms with Crippen molar-refractivity contribution in [2.24, 2.45) is 5.92 Å². The van der Waals surface area contributed by atoms with E-state index in [9.17, 15) is 29.4 Å². The fourth-order valence-corrected chi connectivity index (χ4v) is 6.48. The summed E-state index contributed by atoms with van der Waals surface area (Å²) in [5, 5.41) is 27.8. The number of carboxylic acid groups (broad SMARTS) is 1. The lowest BCUT2D eigenvalue weighted by Gasteiger charge is -2.36. The molecule has 3 amide bonds. The van der Waals surface area contributed by atoms with Crippen LogP contribution in [0.15, 0.2) is 78.9 Å². The van der Waals surface area contributed by atoms with E-state index in [0.717, 1.165) is 36.8 Å². The molecule has 2 atom stereocenters. The van der Waals surface area contributed by atoms with Crippen LogP contribution in [-0.4, -0.2) is 79.2 Å². The smallest absolute Gasteiger partial charge is 0.316 e. The molecule has 0 bridgehead atoms. The Morgan fingerprint density at radius 3 is 2.24 bits per heavy atom. The number of hydrogen-bond donors (Lipinski definition) is 3. The summed E-state index contributed by atoms with van der Waals surface area (Å²) in [4.78, 5) is 57.3.